The molecule has 114 valence electrons. The van der Waals surface area contributed by atoms with E-state index in [4.69, 9.17) is 10.5 Å². The van der Waals surface area contributed by atoms with Crippen LogP contribution in [0.4, 0.5) is 11.4 Å². The summed E-state index contributed by atoms with van der Waals surface area (Å²) in [4.78, 5) is 2.20. The van der Waals surface area contributed by atoms with Gasteiger partial charge in [-0.1, -0.05) is 13.8 Å². The summed E-state index contributed by atoms with van der Waals surface area (Å²) in [6.07, 6.45) is 0.148. The second kappa shape index (κ2) is 6.84. The van der Waals surface area contributed by atoms with E-state index in [1.165, 1.54) is 0 Å². The van der Waals surface area contributed by atoms with E-state index in [0.29, 0.717) is 0 Å². The molecule has 0 aromatic heterocycles. The molecule has 0 atom stereocenters. The molecule has 4 heteroatoms. The van der Waals surface area contributed by atoms with Crippen molar-refractivity contribution in [2.75, 3.05) is 38.2 Å². The van der Waals surface area contributed by atoms with Crippen molar-refractivity contribution in [2.24, 2.45) is 5.41 Å². The van der Waals surface area contributed by atoms with E-state index >= 15 is 0 Å². The largest absolute Gasteiger partial charge is 0.491 e. The van der Waals surface area contributed by atoms with Crippen molar-refractivity contribution in [3.63, 3.8) is 0 Å². The van der Waals surface area contributed by atoms with Gasteiger partial charge in [-0.15, -0.1) is 0 Å². The Balaban J connectivity index is 2.70. The summed E-state index contributed by atoms with van der Waals surface area (Å²) in [7, 11) is 4.19. The smallest absolute Gasteiger partial charge is 0.123 e. The topological polar surface area (TPSA) is 50.5 Å². The minimum atomic E-state index is 0.148. The number of hydrogen-bond acceptors (Lipinski definition) is 4. The van der Waals surface area contributed by atoms with Crippen LogP contribution >= 0.6 is 0 Å². The third-order valence-electron chi connectivity index (χ3n) is 2.82. The van der Waals surface area contributed by atoms with Crippen LogP contribution in [-0.2, 0) is 0 Å². The lowest BCUT2D eigenvalue weighted by atomic mass is 9.93. The Hall–Kier alpha value is -1.42. The van der Waals surface area contributed by atoms with Gasteiger partial charge in [0.2, 0.25) is 0 Å². The van der Waals surface area contributed by atoms with Gasteiger partial charge < -0.3 is 20.7 Å². The van der Waals surface area contributed by atoms with Crippen molar-refractivity contribution in [3.05, 3.63) is 18.2 Å². The fourth-order valence-corrected chi connectivity index (χ4v) is 2.32. The van der Waals surface area contributed by atoms with Gasteiger partial charge in [-0.3, -0.25) is 0 Å². The standard InChI is InChI=1S/C16H29N3O/c1-12(2)20-15-8-13(17)7-14(9-15)18-10-16(3,4)11-19(5)6/h7-9,12,18H,10-11,17H2,1-6H3. The molecule has 0 amide bonds. The monoisotopic (exact) mass is 279 g/mol. The van der Waals surface area contributed by atoms with Crippen LogP contribution in [0.25, 0.3) is 0 Å². The van der Waals surface area contributed by atoms with Crippen LogP contribution in [-0.4, -0.2) is 38.2 Å². The Morgan fingerprint density at radius 1 is 1.25 bits per heavy atom. The van der Waals surface area contributed by atoms with Crippen LogP contribution in [0, 0.1) is 5.41 Å². The fraction of sp³-hybridized carbons (Fsp3) is 0.625. The molecule has 0 fully saturated rings. The van der Waals surface area contributed by atoms with Crippen molar-refractivity contribution in [1.29, 1.82) is 0 Å². The summed E-state index contributed by atoms with van der Waals surface area (Å²) in [5, 5.41) is 3.46. The third-order valence-corrected chi connectivity index (χ3v) is 2.82. The first-order chi connectivity index (χ1) is 9.18. The predicted octanol–water partition coefficient (Wildman–Crippen LogP) is 3.06. The average Bonchev–Trinajstić information content (AvgIpc) is 2.23. The van der Waals surface area contributed by atoms with Crippen LogP contribution in [0.5, 0.6) is 5.75 Å². The molecule has 3 N–H and O–H groups in total. The minimum absolute atomic E-state index is 0.148. The number of nitrogens with one attached hydrogen (secondary N) is 1. The van der Waals surface area contributed by atoms with E-state index in [0.717, 1.165) is 30.2 Å². The summed E-state index contributed by atoms with van der Waals surface area (Å²) in [5.74, 6) is 0.813. The minimum Gasteiger partial charge on any atom is -0.491 e. The third kappa shape index (κ3) is 6.15. The Bertz CT molecular complexity index is 428. The van der Waals surface area contributed by atoms with Crippen LogP contribution in [0.1, 0.15) is 27.7 Å². The maximum atomic E-state index is 5.93. The molecular weight excluding hydrogens is 250 g/mol. The number of anilines is 2. The Morgan fingerprint density at radius 3 is 2.45 bits per heavy atom. The number of nitrogen functional groups attached to an aromatic ring is 1. The molecule has 0 aliphatic carbocycles. The molecule has 20 heavy (non-hydrogen) atoms. The summed E-state index contributed by atoms with van der Waals surface area (Å²) >= 11 is 0. The van der Waals surface area contributed by atoms with Crippen molar-refractivity contribution >= 4 is 11.4 Å². The van der Waals surface area contributed by atoms with Gasteiger partial charge in [0.15, 0.2) is 0 Å². The van der Waals surface area contributed by atoms with Gasteiger partial charge in [0.25, 0.3) is 0 Å². The van der Waals surface area contributed by atoms with E-state index < -0.39 is 0 Å². The summed E-state index contributed by atoms with van der Waals surface area (Å²) in [5.41, 5.74) is 7.84. The molecule has 1 aromatic carbocycles. The number of hydrogen-bond donors (Lipinski definition) is 2. The molecule has 0 saturated heterocycles. The second-order valence-corrected chi connectivity index (χ2v) is 6.71. The summed E-state index contributed by atoms with van der Waals surface area (Å²) < 4.78 is 5.70. The molecular formula is C16H29N3O. The van der Waals surface area contributed by atoms with E-state index in [9.17, 15) is 0 Å². The number of nitrogens with zero attached hydrogens (tertiary/aromatic N) is 1. The average molecular weight is 279 g/mol. The lowest BCUT2D eigenvalue weighted by molar-refractivity contribution is 0.242. The van der Waals surface area contributed by atoms with Crippen molar-refractivity contribution < 1.29 is 4.74 Å². The van der Waals surface area contributed by atoms with Gasteiger partial charge in [0.1, 0.15) is 5.75 Å². The normalized spacial score (nSPS) is 12.0. The lowest BCUT2D eigenvalue weighted by Gasteiger charge is -2.29. The molecule has 0 aliphatic heterocycles. The molecule has 0 bridgehead atoms. The highest BCUT2D eigenvalue weighted by atomic mass is 16.5. The highest BCUT2D eigenvalue weighted by Gasteiger charge is 2.18. The van der Waals surface area contributed by atoms with Gasteiger partial charge in [0, 0.05) is 36.6 Å². The van der Waals surface area contributed by atoms with E-state index in [1.807, 2.05) is 32.0 Å². The van der Waals surface area contributed by atoms with Gasteiger partial charge in [0.05, 0.1) is 6.10 Å². The van der Waals surface area contributed by atoms with E-state index in [-0.39, 0.29) is 11.5 Å². The molecule has 0 aliphatic rings. The van der Waals surface area contributed by atoms with Gasteiger partial charge >= 0.3 is 0 Å². The molecule has 0 radical (unpaired) electrons. The lowest BCUT2D eigenvalue weighted by Crippen LogP contribution is -2.34. The molecule has 1 aromatic rings. The van der Waals surface area contributed by atoms with Crippen molar-refractivity contribution in [3.8, 4) is 5.75 Å². The number of rotatable bonds is 7. The summed E-state index contributed by atoms with van der Waals surface area (Å²) in [6.45, 7) is 10.4. The quantitative estimate of drug-likeness (QED) is 0.753. The molecule has 1 rings (SSSR count). The van der Waals surface area contributed by atoms with E-state index in [1.54, 1.807) is 0 Å². The zero-order valence-corrected chi connectivity index (χ0v) is 13.7. The first-order valence-corrected chi connectivity index (χ1v) is 7.14. The molecule has 4 nitrogen and oxygen atoms in total. The van der Waals surface area contributed by atoms with Gasteiger partial charge in [-0.2, -0.15) is 0 Å². The highest BCUT2D eigenvalue weighted by Crippen LogP contribution is 2.25. The molecule has 0 spiro atoms. The maximum Gasteiger partial charge on any atom is 0.123 e. The van der Waals surface area contributed by atoms with E-state index in [2.05, 4.69) is 38.2 Å². The Morgan fingerprint density at radius 2 is 1.90 bits per heavy atom. The van der Waals surface area contributed by atoms with Crippen LogP contribution in [0.15, 0.2) is 18.2 Å². The number of ether oxygens (including phenoxy) is 1. The molecule has 0 saturated carbocycles. The Labute approximate surface area is 123 Å². The zero-order chi connectivity index (χ0) is 15.3. The molecule has 0 heterocycles. The first-order valence-electron chi connectivity index (χ1n) is 7.14. The van der Waals surface area contributed by atoms with Crippen LogP contribution in [0.2, 0.25) is 0 Å². The maximum absolute atomic E-state index is 5.93. The van der Waals surface area contributed by atoms with Crippen molar-refractivity contribution in [1.82, 2.24) is 4.90 Å². The van der Waals surface area contributed by atoms with Crippen LogP contribution in [0.3, 0.4) is 0 Å². The number of nitrogens with two attached hydrogens (primary N) is 1. The van der Waals surface area contributed by atoms with Gasteiger partial charge in [-0.25, -0.2) is 0 Å². The van der Waals surface area contributed by atoms with Crippen LogP contribution < -0.4 is 15.8 Å². The molecule has 0 unspecified atom stereocenters. The fourth-order valence-electron chi connectivity index (χ4n) is 2.32. The Kier molecular flexibility index (Phi) is 5.69. The number of benzene rings is 1. The predicted molar refractivity (Wildman–Crippen MR) is 87.4 cm³/mol. The second-order valence-electron chi connectivity index (χ2n) is 6.71. The van der Waals surface area contributed by atoms with Gasteiger partial charge in [-0.05, 0) is 39.4 Å². The highest BCUT2D eigenvalue weighted by molar-refractivity contribution is 5.59. The SMILES string of the molecule is CC(C)Oc1cc(N)cc(NCC(C)(C)CN(C)C)c1. The zero-order valence-electron chi connectivity index (χ0n) is 13.7. The first kappa shape index (κ1) is 16.6. The van der Waals surface area contributed by atoms with Crippen molar-refractivity contribution in [2.45, 2.75) is 33.8 Å². The summed E-state index contributed by atoms with van der Waals surface area (Å²) in [6, 6.07) is 5.80.